The topological polar surface area (TPSA) is 98.6 Å². The zero-order valence-corrected chi connectivity index (χ0v) is 20.4. The number of thiazole rings is 1. The molecule has 5 atom stereocenters. The molecular formula is C25H34N4O3S. The van der Waals surface area contributed by atoms with Gasteiger partial charge in [-0.1, -0.05) is 19.9 Å². The van der Waals surface area contributed by atoms with E-state index in [2.05, 4.69) is 23.8 Å². The number of carbonyl (C=O) groups is 1. The number of nitrogens with one attached hydrogen (secondary N) is 1. The number of pyridine rings is 1. The molecule has 8 heteroatoms. The fourth-order valence-corrected chi connectivity index (χ4v) is 6.97. The average molecular weight is 471 g/mol. The van der Waals surface area contributed by atoms with Crippen LogP contribution in [-0.2, 0) is 11.2 Å². The van der Waals surface area contributed by atoms with Gasteiger partial charge in [-0.25, -0.2) is 4.98 Å². The van der Waals surface area contributed by atoms with E-state index in [1.807, 2.05) is 19.1 Å². The highest BCUT2D eigenvalue weighted by Gasteiger charge is 2.59. The summed E-state index contributed by atoms with van der Waals surface area (Å²) in [7, 11) is 1.80. The molecule has 178 valence electrons. The molecule has 0 spiro atoms. The SMILES string of the molecule is C=CCN(C)C(=O)CC1c2nc(Nc3cccnc3)sc2CC2C(C)(CO)C(O)CCC12C. The number of amides is 1. The Hall–Kier alpha value is -2.29. The van der Waals surface area contributed by atoms with Crippen LogP contribution in [0.1, 0.15) is 49.6 Å². The Morgan fingerprint density at radius 2 is 2.24 bits per heavy atom. The number of hydrogen-bond acceptors (Lipinski definition) is 7. The van der Waals surface area contributed by atoms with Crippen molar-refractivity contribution in [2.24, 2.45) is 16.7 Å². The van der Waals surface area contributed by atoms with Gasteiger partial charge < -0.3 is 20.4 Å². The number of rotatable bonds is 7. The molecule has 1 saturated carbocycles. The van der Waals surface area contributed by atoms with Crippen molar-refractivity contribution in [3.05, 3.63) is 47.8 Å². The summed E-state index contributed by atoms with van der Waals surface area (Å²) in [6.07, 6.45) is 7.13. The monoisotopic (exact) mass is 470 g/mol. The third-order valence-electron chi connectivity index (χ3n) is 8.01. The molecule has 2 aliphatic rings. The van der Waals surface area contributed by atoms with Crippen LogP contribution < -0.4 is 5.32 Å². The zero-order chi connectivity index (χ0) is 23.8. The Bertz CT molecular complexity index is 1010. The van der Waals surface area contributed by atoms with Crippen LogP contribution in [0.5, 0.6) is 0 Å². The second kappa shape index (κ2) is 9.16. The van der Waals surface area contributed by atoms with Crippen molar-refractivity contribution >= 4 is 28.1 Å². The quantitative estimate of drug-likeness (QED) is 0.534. The second-order valence-electron chi connectivity index (χ2n) is 9.99. The molecule has 7 nitrogen and oxygen atoms in total. The van der Waals surface area contributed by atoms with E-state index < -0.39 is 11.5 Å². The van der Waals surface area contributed by atoms with Gasteiger partial charge in [0.2, 0.25) is 5.91 Å². The van der Waals surface area contributed by atoms with E-state index in [1.54, 1.807) is 41.8 Å². The van der Waals surface area contributed by atoms with Gasteiger partial charge in [0.15, 0.2) is 5.13 Å². The van der Waals surface area contributed by atoms with Gasteiger partial charge in [0, 0.05) is 42.4 Å². The Kier molecular flexibility index (Phi) is 6.62. The summed E-state index contributed by atoms with van der Waals surface area (Å²) in [5, 5.41) is 25.4. The van der Waals surface area contributed by atoms with E-state index in [0.717, 1.165) is 34.2 Å². The number of fused-ring (bicyclic) bond motifs is 2. The molecule has 5 unspecified atom stereocenters. The van der Waals surface area contributed by atoms with Crippen LogP contribution in [0.15, 0.2) is 37.2 Å². The normalized spacial score (nSPS) is 30.8. The van der Waals surface area contributed by atoms with Crippen LogP contribution in [0.25, 0.3) is 0 Å². The average Bonchev–Trinajstić information content (AvgIpc) is 3.20. The maximum atomic E-state index is 13.2. The van der Waals surface area contributed by atoms with Crippen molar-refractivity contribution in [3.63, 3.8) is 0 Å². The maximum absolute atomic E-state index is 13.2. The lowest BCUT2D eigenvalue weighted by Crippen LogP contribution is -2.57. The Morgan fingerprint density at radius 3 is 2.91 bits per heavy atom. The van der Waals surface area contributed by atoms with Crippen molar-refractivity contribution in [1.29, 1.82) is 0 Å². The minimum absolute atomic E-state index is 0.0421. The predicted molar refractivity (Wildman–Crippen MR) is 131 cm³/mol. The Balaban J connectivity index is 1.75. The number of carbonyl (C=O) groups excluding carboxylic acids is 1. The van der Waals surface area contributed by atoms with Crippen LogP contribution >= 0.6 is 11.3 Å². The van der Waals surface area contributed by atoms with E-state index in [-0.39, 0.29) is 29.8 Å². The fourth-order valence-electron chi connectivity index (χ4n) is 5.89. The van der Waals surface area contributed by atoms with Crippen molar-refractivity contribution in [2.75, 3.05) is 25.5 Å². The van der Waals surface area contributed by atoms with Gasteiger partial charge in [-0.05, 0) is 42.7 Å². The lowest BCUT2D eigenvalue weighted by atomic mass is 9.47. The molecule has 0 radical (unpaired) electrons. The molecule has 0 aliphatic heterocycles. The molecule has 1 amide bonds. The molecule has 3 N–H and O–H groups in total. The lowest BCUT2D eigenvalue weighted by Gasteiger charge is -2.58. The largest absolute Gasteiger partial charge is 0.396 e. The summed E-state index contributed by atoms with van der Waals surface area (Å²) in [4.78, 5) is 25.1. The first kappa shape index (κ1) is 23.9. The molecule has 2 aliphatic carbocycles. The van der Waals surface area contributed by atoms with Crippen LogP contribution in [0, 0.1) is 16.7 Å². The van der Waals surface area contributed by atoms with Crippen LogP contribution in [-0.4, -0.2) is 57.3 Å². The van der Waals surface area contributed by atoms with Crippen molar-refractivity contribution in [1.82, 2.24) is 14.9 Å². The minimum atomic E-state index is -0.625. The standard InChI is InChI=1S/C25H34N4O3S/c1-5-11-29(4)21(32)12-17-22-18(33-23(28-22)27-16-7-6-10-26-14-16)13-19-24(17,2)9-8-20(31)25(19,3)15-30/h5-7,10,14,17,19-20,30-31H,1,8-9,11-13,15H2,2-4H3,(H,27,28). The molecule has 1 fully saturated rings. The maximum Gasteiger partial charge on any atom is 0.223 e. The molecule has 2 aromatic heterocycles. The summed E-state index contributed by atoms with van der Waals surface area (Å²) in [6, 6.07) is 3.81. The third-order valence-corrected chi connectivity index (χ3v) is 9.02. The highest BCUT2D eigenvalue weighted by atomic mass is 32.1. The first-order chi connectivity index (χ1) is 15.7. The number of aliphatic hydroxyl groups excluding tert-OH is 2. The lowest BCUT2D eigenvalue weighted by molar-refractivity contribution is -0.146. The summed E-state index contributed by atoms with van der Waals surface area (Å²) < 4.78 is 0. The Labute approximate surface area is 199 Å². The number of aliphatic hydroxyl groups is 2. The number of aromatic nitrogens is 2. The van der Waals surface area contributed by atoms with E-state index >= 15 is 0 Å². The zero-order valence-electron chi connectivity index (χ0n) is 19.6. The minimum Gasteiger partial charge on any atom is -0.396 e. The number of hydrogen-bond donors (Lipinski definition) is 3. The van der Waals surface area contributed by atoms with Crippen molar-refractivity contribution < 1.29 is 15.0 Å². The van der Waals surface area contributed by atoms with Crippen LogP contribution in [0.2, 0.25) is 0 Å². The van der Waals surface area contributed by atoms with Gasteiger partial charge in [-0.15, -0.1) is 17.9 Å². The van der Waals surface area contributed by atoms with E-state index in [1.165, 1.54) is 0 Å². The summed E-state index contributed by atoms with van der Waals surface area (Å²) in [6.45, 7) is 8.38. The van der Waals surface area contributed by atoms with Gasteiger partial charge in [-0.2, -0.15) is 0 Å². The smallest absolute Gasteiger partial charge is 0.223 e. The van der Waals surface area contributed by atoms with E-state index in [0.29, 0.717) is 19.4 Å². The summed E-state index contributed by atoms with van der Waals surface area (Å²) >= 11 is 1.59. The second-order valence-corrected chi connectivity index (χ2v) is 11.1. The molecule has 4 rings (SSSR count). The molecule has 0 saturated heterocycles. The molecular weight excluding hydrogens is 436 g/mol. The summed E-state index contributed by atoms with van der Waals surface area (Å²) in [5.74, 6) is 0.00450. The van der Waals surface area contributed by atoms with Crippen molar-refractivity contribution in [2.45, 2.75) is 51.6 Å². The van der Waals surface area contributed by atoms with Gasteiger partial charge in [0.1, 0.15) is 0 Å². The fraction of sp³-hybridized carbons (Fsp3) is 0.560. The number of anilines is 2. The third kappa shape index (κ3) is 4.20. The van der Waals surface area contributed by atoms with Gasteiger partial charge in [0.25, 0.3) is 0 Å². The molecule has 0 aromatic carbocycles. The number of likely N-dealkylation sites (N-methyl/N-ethyl adjacent to an activating group) is 1. The van der Waals surface area contributed by atoms with Gasteiger partial charge in [-0.3, -0.25) is 9.78 Å². The van der Waals surface area contributed by atoms with E-state index in [9.17, 15) is 15.0 Å². The highest BCUT2D eigenvalue weighted by Crippen LogP contribution is 2.63. The molecule has 2 heterocycles. The first-order valence-electron chi connectivity index (χ1n) is 11.5. The van der Waals surface area contributed by atoms with E-state index in [4.69, 9.17) is 4.98 Å². The molecule has 2 aromatic rings. The summed E-state index contributed by atoms with van der Waals surface area (Å²) in [5.41, 5.74) is 0.955. The highest BCUT2D eigenvalue weighted by molar-refractivity contribution is 7.15. The molecule has 33 heavy (non-hydrogen) atoms. The Morgan fingerprint density at radius 1 is 1.45 bits per heavy atom. The predicted octanol–water partition coefficient (Wildman–Crippen LogP) is 3.73. The van der Waals surface area contributed by atoms with Crippen LogP contribution in [0.3, 0.4) is 0 Å². The first-order valence-corrected chi connectivity index (χ1v) is 12.3. The molecule has 0 bridgehead atoms. The van der Waals surface area contributed by atoms with Crippen LogP contribution in [0.4, 0.5) is 10.8 Å². The number of nitrogens with zero attached hydrogens (tertiary/aromatic N) is 3. The van der Waals surface area contributed by atoms with Gasteiger partial charge >= 0.3 is 0 Å². The van der Waals surface area contributed by atoms with Crippen molar-refractivity contribution in [3.8, 4) is 0 Å². The van der Waals surface area contributed by atoms with Gasteiger partial charge in [0.05, 0.1) is 30.3 Å².